The first-order chi connectivity index (χ1) is 12.6. The first-order valence-electron chi connectivity index (χ1n) is 9.34. The SMILES string of the molecule is Cc1ccccc1C1CC(N(C(=O)c2ccc(C#N)c(C)n2)C2CC2)C1. The van der Waals surface area contributed by atoms with Crippen molar-refractivity contribution >= 4 is 5.91 Å². The Morgan fingerprint density at radius 1 is 1.12 bits per heavy atom. The molecule has 2 aromatic rings. The summed E-state index contributed by atoms with van der Waals surface area (Å²) in [6, 6.07) is 14.7. The van der Waals surface area contributed by atoms with Crippen molar-refractivity contribution < 1.29 is 4.79 Å². The number of hydrogen-bond acceptors (Lipinski definition) is 3. The van der Waals surface area contributed by atoms with Crippen LogP contribution in [0.15, 0.2) is 36.4 Å². The number of benzene rings is 1. The molecule has 0 aliphatic heterocycles. The molecule has 0 atom stereocenters. The number of amides is 1. The van der Waals surface area contributed by atoms with Gasteiger partial charge in [0, 0.05) is 12.1 Å². The van der Waals surface area contributed by atoms with Crippen molar-refractivity contribution in [2.45, 2.75) is 57.5 Å². The van der Waals surface area contributed by atoms with Crippen molar-refractivity contribution in [1.82, 2.24) is 9.88 Å². The van der Waals surface area contributed by atoms with E-state index in [0.717, 1.165) is 25.7 Å². The van der Waals surface area contributed by atoms with Crippen molar-refractivity contribution in [3.63, 3.8) is 0 Å². The van der Waals surface area contributed by atoms with Crippen LogP contribution in [0.5, 0.6) is 0 Å². The van der Waals surface area contributed by atoms with Crippen LogP contribution < -0.4 is 0 Å². The topological polar surface area (TPSA) is 57.0 Å². The number of carbonyl (C=O) groups excluding carboxylic acids is 1. The molecule has 0 radical (unpaired) electrons. The maximum atomic E-state index is 13.1. The Kier molecular flexibility index (Phi) is 4.24. The van der Waals surface area contributed by atoms with E-state index in [1.54, 1.807) is 19.1 Å². The molecule has 4 nitrogen and oxygen atoms in total. The van der Waals surface area contributed by atoms with Gasteiger partial charge in [-0.1, -0.05) is 24.3 Å². The molecule has 0 saturated heterocycles. The van der Waals surface area contributed by atoms with Crippen LogP contribution in [0.3, 0.4) is 0 Å². The van der Waals surface area contributed by atoms with Crippen LogP contribution >= 0.6 is 0 Å². The van der Waals surface area contributed by atoms with Gasteiger partial charge in [-0.25, -0.2) is 4.98 Å². The summed E-state index contributed by atoms with van der Waals surface area (Å²) in [4.78, 5) is 19.6. The first kappa shape index (κ1) is 16.8. The fraction of sp³-hybridized carbons (Fsp3) is 0.409. The molecular weight excluding hydrogens is 322 g/mol. The lowest BCUT2D eigenvalue weighted by Crippen LogP contribution is -2.48. The molecule has 1 aromatic carbocycles. The van der Waals surface area contributed by atoms with E-state index in [1.807, 2.05) is 0 Å². The number of aromatic nitrogens is 1. The number of aryl methyl sites for hydroxylation is 2. The van der Waals surface area contributed by atoms with E-state index in [9.17, 15) is 4.79 Å². The second-order valence-electron chi connectivity index (χ2n) is 7.56. The lowest BCUT2D eigenvalue weighted by molar-refractivity contribution is 0.0510. The minimum absolute atomic E-state index is 0.0216. The zero-order chi connectivity index (χ0) is 18.3. The fourth-order valence-corrected chi connectivity index (χ4v) is 4.03. The van der Waals surface area contributed by atoms with Crippen molar-refractivity contribution in [3.8, 4) is 6.07 Å². The van der Waals surface area contributed by atoms with E-state index in [4.69, 9.17) is 5.26 Å². The summed E-state index contributed by atoms with van der Waals surface area (Å²) >= 11 is 0. The van der Waals surface area contributed by atoms with Gasteiger partial charge in [-0.3, -0.25) is 4.79 Å². The Bertz CT molecular complexity index is 889. The van der Waals surface area contributed by atoms with Crippen LogP contribution in [-0.2, 0) is 0 Å². The van der Waals surface area contributed by atoms with E-state index in [-0.39, 0.29) is 5.91 Å². The molecule has 2 fully saturated rings. The van der Waals surface area contributed by atoms with E-state index < -0.39 is 0 Å². The molecule has 1 aromatic heterocycles. The summed E-state index contributed by atoms with van der Waals surface area (Å²) in [5, 5.41) is 9.07. The highest BCUT2D eigenvalue weighted by atomic mass is 16.2. The van der Waals surface area contributed by atoms with Gasteiger partial charge in [0.05, 0.1) is 11.3 Å². The number of nitrogens with zero attached hydrogens (tertiary/aromatic N) is 3. The third kappa shape index (κ3) is 2.99. The smallest absolute Gasteiger partial charge is 0.272 e. The van der Waals surface area contributed by atoms with Gasteiger partial charge in [0.25, 0.3) is 5.91 Å². The standard InChI is InChI=1S/C22H23N3O/c1-14-5-3-4-6-20(14)17-11-19(12-17)25(18-8-9-18)22(26)21-10-7-16(13-23)15(2)24-21/h3-7,10,17-19H,8-9,11-12H2,1-2H3. The summed E-state index contributed by atoms with van der Waals surface area (Å²) in [7, 11) is 0. The zero-order valence-electron chi connectivity index (χ0n) is 15.3. The third-order valence-electron chi connectivity index (χ3n) is 5.74. The Morgan fingerprint density at radius 3 is 2.46 bits per heavy atom. The number of hydrogen-bond donors (Lipinski definition) is 0. The minimum Gasteiger partial charge on any atom is -0.331 e. The van der Waals surface area contributed by atoms with Gasteiger partial charge in [-0.2, -0.15) is 5.26 Å². The van der Waals surface area contributed by atoms with Gasteiger partial charge in [-0.05, 0) is 68.7 Å². The lowest BCUT2D eigenvalue weighted by Gasteiger charge is -2.44. The van der Waals surface area contributed by atoms with Gasteiger partial charge in [0.2, 0.25) is 0 Å². The molecule has 2 aliphatic carbocycles. The second-order valence-corrected chi connectivity index (χ2v) is 7.56. The van der Waals surface area contributed by atoms with Crippen molar-refractivity contribution in [3.05, 3.63) is 64.5 Å². The van der Waals surface area contributed by atoms with Crippen molar-refractivity contribution in [2.24, 2.45) is 0 Å². The molecular formula is C22H23N3O. The van der Waals surface area contributed by atoms with Crippen LogP contribution in [0.1, 0.15) is 64.5 Å². The summed E-state index contributed by atoms with van der Waals surface area (Å²) in [6.07, 6.45) is 4.24. The molecule has 0 unspecified atom stereocenters. The lowest BCUT2D eigenvalue weighted by atomic mass is 9.73. The first-order valence-corrected chi connectivity index (χ1v) is 9.34. The van der Waals surface area contributed by atoms with Crippen molar-refractivity contribution in [2.75, 3.05) is 0 Å². The Labute approximate surface area is 154 Å². The predicted molar refractivity (Wildman–Crippen MR) is 99.8 cm³/mol. The quantitative estimate of drug-likeness (QED) is 0.837. The summed E-state index contributed by atoms with van der Waals surface area (Å²) in [6.45, 7) is 3.95. The molecule has 132 valence electrons. The molecule has 2 saturated carbocycles. The summed E-state index contributed by atoms with van der Waals surface area (Å²) in [5.41, 5.74) is 4.37. The zero-order valence-corrected chi connectivity index (χ0v) is 15.3. The number of carbonyl (C=O) groups is 1. The van der Waals surface area contributed by atoms with Crippen molar-refractivity contribution in [1.29, 1.82) is 5.26 Å². The molecule has 0 spiro atoms. The van der Waals surface area contributed by atoms with Crippen LogP contribution in [0.2, 0.25) is 0 Å². The largest absolute Gasteiger partial charge is 0.331 e. The molecule has 4 rings (SSSR count). The number of rotatable bonds is 4. The van der Waals surface area contributed by atoms with Crippen LogP contribution in [0, 0.1) is 25.2 Å². The van der Waals surface area contributed by atoms with Gasteiger partial charge in [0.15, 0.2) is 0 Å². The Hall–Kier alpha value is -2.67. The van der Waals surface area contributed by atoms with Gasteiger partial charge in [0.1, 0.15) is 11.8 Å². The minimum atomic E-state index is 0.0216. The normalized spacial score (nSPS) is 21.6. The molecule has 1 amide bonds. The monoisotopic (exact) mass is 345 g/mol. The highest BCUT2D eigenvalue weighted by molar-refractivity contribution is 5.93. The highest BCUT2D eigenvalue weighted by Crippen LogP contribution is 2.44. The molecule has 26 heavy (non-hydrogen) atoms. The van der Waals surface area contributed by atoms with Crippen LogP contribution in [0.4, 0.5) is 0 Å². The molecule has 0 bridgehead atoms. The van der Waals surface area contributed by atoms with Crippen LogP contribution in [0.25, 0.3) is 0 Å². The van der Waals surface area contributed by atoms with E-state index >= 15 is 0 Å². The maximum absolute atomic E-state index is 13.1. The maximum Gasteiger partial charge on any atom is 0.272 e. The van der Waals surface area contributed by atoms with Gasteiger partial charge in [-0.15, -0.1) is 0 Å². The average Bonchev–Trinajstić information content (AvgIpc) is 3.43. The second kappa shape index (κ2) is 6.57. The van der Waals surface area contributed by atoms with Gasteiger partial charge < -0.3 is 4.90 Å². The highest BCUT2D eigenvalue weighted by Gasteiger charge is 2.44. The molecule has 2 aliphatic rings. The van der Waals surface area contributed by atoms with E-state index in [2.05, 4.69) is 47.1 Å². The summed E-state index contributed by atoms with van der Waals surface area (Å²) < 4.78 is 0. The van der Waals surface area contributed by atoms with Gasteiger partial charge >= 0.3 is 0 Å². The Morgan fingerprint density at radius 2 is 1.85 bits per heavy atom. The fourth-order valence-electron chi connectivity index (χ4n) is 4.03. The number of pyridine rings is 1. The van der Waals surface area contributed by atoms with E-state index in [1.165, 1.54) is 11.1 Å². The number of nitriles is 1. The van der Waals surface area contributed by atoms with Crippen LogP contribution in [-0.4, -0.2) is 27.9 Å². The average molecular weight is 345 g/mol. The Balaban J connectivity index is 1.51. The summed E-state index contributed by atoms with van der Waals surface area (Å²) in [5.74, 6) is 0.569. The molecule has 4 heteroatoms. The molecule has 1 heterocycles. The molecule has 0 N–H and O–H groups in total. The predicted octanol–water partition coefficient (Wildman–Crippen LogP) is 4.12. The van der Waals surface area contributed by atoms with E-state index in [0.29, 0.717) is 35.0 Å². The third-order valence-corrected chi connectivity index (χ3v) is 5.74.